The summed E-state index contributed by atoms with van der Waals surface area (Å²) in [5, 5.41) is 6.21. The van der Waals surface area contributed by atoms with Gasteiger partial charge in [0.15, 0.2) is 12.6 Å². The minimum absolute atomic E-state index is 0. The molecule has 0 amide bonds. The first-order chi connectivity index (χ1) is 12.3. The zero-order valence-corrected chi connectivity index (χ0v) is 18.1. The van der Waals surface area contributed by atoms with Crippen molar-refractivity contribution in [2.24, 2.45) is 10.9 Å². The van der Waals surface area contributed by atoms with Gasteiger partial charge in [0.05, 0.1) is 6.61 Å². The summed E-state index contributed by atoms with van der Waals surface area (Å²) >= 11 is 0. The number of pyridine rings is 1. The first kappa shape index (κ1) is 25.7. The van der Waals surface area contributed by atoms with Gasteiger partial charge in [-0.1, -0.05) is 19.9 Å². The normalized spacial score (nSPS) is 11.9. The van der Waals surface area contributed by atoms with E-state index < -0.39 is 12.8 Å². The summed E-state index contributed by atoms with van der Waals surface area (Å²) in [6.45, 7) is 5.32. The number of halogens is 4. The largest absolute Gasteiger partial charge is 0.468 e. The van der Waals surface area contributed by atoms with Gasteiger partial charge in [0.25, 0.3) is 0 Å². The molecule has 0 bridgehead atoms. The summed E-state index contributed by atoms with van der Waals surface area (Å²) in [6, 6.07) is 3.05. The molecule has 27 heavy (non-hydrogen) atoms. The van der Waals surface area contributed by atoms with Crippen LogP contribution in [0.3, 0.4) is 0 Å². The quantitative estimate of drug-likeness (QED) is 0.222. The number of aliphatic imine (C=N–C) groups is 1. The first-order valence-corrected chi connectivity index (χ1v) is 8.47. The maximum absolute atomic E-state index is 12.1. The van der Waals surface area contributed by atoms with Gasteiger partial charge in [0, 0.05) is 39.0 Å². The molecule has 0 aromatic carbocycles. The Kier molecular flexibility index (Phi) is 13.1. The molecule has 2 N–H and O–H groups in total. The maximum Gasteiger partial charge on any atom is 0.422 e. The first-order valence-electron chi connectivity index (χ1n) is 8.47. The van der Waals surface area contributed by atoms with Gasteiger partial charge in [-0.2, -0.15) is 13.2 Å². The van der Waals surface area contributed by atoms with Gasteiger partial charge in [0.2, 0.25) is 5.88 Å². The van der Waals surface area contributed by atoms with Crippen molar-refractivity contribution < 1.29 is 22.6 Å². The van der Waals surface area contributed by atoms with Crippen LogP contribution in [0.2, 0.25) is 0 Å². The summed E-state index contributed by atoms with van der Waals surface area (Å²) < 4.78 is 46.3. The van der Waals surface area contributed by atoms with Crippen LogP contribution < -0.4 is 15.4 Å². The minimum atomic E-state index is -4.38. The van der Waals surface area contributed by atoms with Crippen LogP contribution in [-0.4, -0.2) is 50.5 Å². The van der Waals surface area contributed by atoms with Crippen LogP contribution in [0, 0.1) is 5.92 Å². The Bertz CT molecular complexity index is 540. The predicted molar refractivity (Wildman–Crippen MR) is 110 cm³/mol. The van der Waals surface area contributed by atoms with Gasteiger partial charge in [-0.3, -0.25) is 4.99 Å². The second kappa shape index (κ2) is 13.8. The Morgan fingerprint density at radius 3 is 2.52 bits per heavy atom. The van der Waals surface area contributed by atoms with E-state index in [0.717, 1.165) is 18.6 Å². The highest BCUT2D eigenvalue weighted by atomic mass is 127. The molecule has 0 spiro atoms. The fraction of sp³-hybridized carbons (Fsp3) is 0.647. The van der Waals surface area contributed by atoms with Crippen molar-refractivity contribution in [3.63, 3.8) is 0 Å². The molecule has 0 unspecified atom stereocenters. The van der Waals surface area contributed by atoms with E-state index >= 15 is 0 Å². The third-order valence-electron chi connectivity index (χ3n) is 3.24. The molecule has 0 fully saturated rings. The fourth-order valence-electron chi connectivity index (χ4n) is 1.83. The molecule has 0 saturated carbocycles. The summed E-state index contributed by atoms with van der Waals surface area (Å²) in [5.41, 5.74) is 0.792. The SMILES string of the molecule is CN=C(NCCOCCC(C)C)NCc1ccc(OCC(F)(F)F)nc1.I. The molecule has 0 radical (unpaired) electrons. The van der Waals surface area contributed by atoms with Crippen molar-refractivity contribution in [2.45, 2.75) is 33.0 Å². The van der Waals surface area contributed by atoms with Crippen LogP contribution in [0.5, 0.6) is 5.88 Å². The lowest BCUT2D eigenvalue weighted by Gasteiger charge is -2.13. The second-order valence-electron chi connectivity index (χ2n) is 6.06. The lowest BCUT2D eigenvalue weighted by Crippen LogP contribution is -2.38. The van der Waals surface area contributed by atoms with Crippen LogP contribution in [0.15, 0.2) is 23.3 Å². The van der Waals surface area contributed by atoms with Crippen LogP contribution in [0.25, 0.3) is 0 Å². The van der Waals surface area contributed by atoms with E-state index in [9.17, 15) is 13.2 Å². The summed E-state index contributed by atoms with van der Waals surface area (Å²) in [6.07, 6.45) is -1.89. The summed E-state index contributed by atoms with van der Waals surface area (Å²) in [5.74, 6) is 1.17. The van der Waals surface area contributed by atoms with Crippen LogP contribution in [0.1, 0.15) is 25.8 Å². The smallest absolute Gasteiger partial charge is 0.422 e. The molecule has 10 heteroatoms. The van der Waals surface area contributed by atoms with E-state index in [0.29, 0.717) is 31.6 Å². The van der Waals surface area contributed by atoms with E-state index in [4.69, 9.17) is 4.74 Å². The Morgan fingerprint density at radius 1 is 1.22 bits per heavy atom. The Morgan fingerprint density at radius 2 is 1.96 bits per heavy atom. The molecule has 0 aliphatic rings. The molecule has 1 rings (SSSR count). The zero-order valence-electron chi connectivity index (χ0n) is 15.8. The van der Waals surface area contributed by atoms with Gasteiger partial charge in [-0.25, -0.2) is 4.98 Å². The lowest BCUT2D eigenvalue weighted by molar-refractivity contribution is -0.154. The molecule has 1 aromatic heterocycles. The molecule has 1 heterocycles. The number of ether oxygens (including phenoxy) is 2. The average molecular weight is 504 g/mol. The summed E-state index contributed by atoms with van der Waals surface area (Å²) in [4.78, 5) is 7.95. The van der Waals surface area contributed by atoms with Gasteiger partial charge in [0.1, 0.15) is 0 Å². The van der Waals surface area contributed by atoms with Gasteiger partial charge < -0.3 is 20.1 Å². The van der Waals surface area contributed by atoms with E-state index in [1.807, 2.05) is 0 Å². The highest BCUT2D eigenvalue weighted by Gasteiger charge is 2.28. The van der Waals surface area contributed by atoms with Crippen LogP contribution in [-0.2, 0) is 11.3 Å². The Hall–Kier alpha value is -1.30. The van der Waals surface area contributed by atoms with Crippen molar-refractivity contribution >= 4 is 29.9 Å². The predicted octanol–water partition coefficient (Wildman–Crippen LogP) is 3.37. The zero-order chi connectivity index (χ0) is 19.4. The van der Waals surface area contributed by atoms with Gasteiger partial charge >= 0.3 is 6.18 Å². The molecular formula is C17H28F3IN4O2. The van der Waals surface area contributed by atoms with E-state index in [1.165, 1.54) is 12.3 Å². The standard InChI is InChI=1S/C17H27F3N4O2.HI/c1-13(2)6-8-25-9-7-22-16(21-3)24-11-14-4-5-15(23-10-14)26-12-17(18,19)20;/h4-5,10,13H,6-9,11-12H2,1-3H3,(H2,21,22,24);1H. The van der Waals surface area contributed by atoms with Crippen molar-refractivity contribution in [1.82, 2.24) is 15.6 Å². The van der Waals surface area contributed by atoms with Crippen molar-refractivity contribution in [3.05, 3.63) is 23.9 Å². The summed E-state index contributed by atoms with van der Waals surface area (Å²) in [7, 11) is 1.65. The van der Waals surface area contributed by atoms with Crippen LogP contribution >= 0.6 is 24.0 Å². The Labute approximate surface area is 175 Å². The molecule has 1 aromatic rings. The minimum Gasteiger partial charge on any atom is -0.468 e. The van der Waals surface area contributed by atoms with Gasteiger partial charge in [-0.05, 0) is 17.9 Å². The number of hydrogen-bond acceptors (Lipinski definition) is 4. The maximum atomic E-state index is 12.1. The second-order valence-corrected chi connectivity index (χ2v) is 6.06. The van der Waals surface area contributed by atoms with Crippen molar-refractivity contribution in [2.75, 3.05) is 33.4 Å². The Balaban J connectivity index is 0.00000676. The molecule has 0 aliphatic carbocycles. The third kappa shape index (κ3) is 13.5. The monoisotopic (exact) mass is 504 g/mol. The molecule has 6 nitrogen and oxygen atoms in total. The number of rotatable bonds is 10. The third-order valence-corrected chi connectivity index (χ3v) is 3.24. The lowest BCUT2D eigenvalue weighted by atomic mass is 10.1. The van der Waals surface area contributed by atoms with Crippen molar-refractivity contribution in [3.8, 4) is 5.88 Å². The highest BCUT2D eigenvalue weighted by molar-refractivity contribution is 14.0. The van der Waals surface area contributed by atoms with E-state index in [2.05, 4.69) is 39.2 Å². The number of guanidine groups is 1. The van der Waals surface area contributed by atoms with Gasteiger partial charge in [-0.15, -0.1) is 24.0 Å². The molecule has 156 valence electrons. The number of nitrogens with one attached hydrogen (secondary N) is 2. The number of hydrogen-bond donors (Lipinski definition) is 2. The van der Waals surface area contributed by atoms with E-state index in [-0.39, 0.29) is 29.9 Å². The number of aromatic nitrogens is 1. The van der Waals surface area contributed by atoms with E-state index in [1.54, 1.807) is 13.1 Å². The topological polar surface area (TPSA) is 67.8 Å². The van der Waals surface area contributed by atoms with Crippen LogP contribution in [0.4, 0.5) is 13.2 Å². The molecule has 0 saturated heterocycles. The average Bonchev–Trinajstić information content (AvgIpc) is 2.58. The van der Waals surface area contributed by atoms with Crippen molar-refractivity contribution in [1.29, 1.82) is 0 Å². The molecular weight excluding hydrogens is 476 g/mol. The molecule has 0 atom stereocenters. The molecule has 0 aliphatic heterocycles. The number of nitrogens with zero attached hydrogens (tertiary/aromatic N) is 2. The number of alkyl halides is 3. The fourth-order valence-corrected chi connectivity index (χ4v) is 1.83. The highest BCUT2D eigenvalue weighted by Crippen LogP contribution is 2.16.